The molecule has 0 bridgehead atoms. The van der Waals surface area contributed by atoms with Gasteiger partial charge in [-0.1, -0.05) is 36.8 Å². The van der Waals surface area contributed by atoms with Gasteiger partial charge in [0.05, 0.1) is 5.92 Å². The molecule has 2 rings (SSSR count). The van der Waals surface area contributed by atoms with Gasteiger partial charge in [-0.3, -0.25) is 4.79 Å². The molecule has 0 aromatic heterocycles. The number of aliphatic carboxylic acids is 1. The fourth-order valence-electron chi connectivity index (χ4n) is 2.37. The smallest absolute Gasteiger partial charge is 0.306 e. The molecule has 2 heteroatoms. The third-order valence-electron chi connectivity index (χ3n) is 3.57. The van der Waals surface area contributed by atoms with Crippen LogP contribution in [0.1, 0.15) is 24.5 Å². The first-order chi connectivity index (χ1) is 7.58. The topological polar surface area (TPSA) is 37.3 Å². The lowest BCUT2D eigenvalue weighted by Gasteiger charge is -2.10. The molecule has 0 heterocycles. The second-order valence-corrected chi connectivity index (χ2v) is 5.01. The van der Waals surface area contributed by atoms with E-state index >= 15 is 0 Å². The van der Waals surface area contributed by atoms with Crippen molar-refractivity contribution in [1.29, 1.82) is 0 Å². The Morgan fingerprint density at radius 3 is 2.56 bits per heavy atom. The molecule has 1 fully saturated rings. The highest BCUT2D eigenvalue weighted by molar-refractivity contribution is 5.73. The van der Waals surface area contributed by atoms with Crippen LogP contribution >= 0.6 is 0 Å². The van der Waals surface area contributed by atoms with E-state index in [1.165, 1.54) is 11.1 Å². The van der Waals surface area contributed by atoms with Crippen LogP contribution in [-0.4, -0.2) is 11.1 Å². The number of carbonyl (C=O) groups is 1. The molecular weight excluding hydrogens is 200 g/mol. The van der Waals surface area contributed by atoms with Crippen molar-refractivity contribution in [2.24, 2.45) is 17.8 Å². The van der Waals surface area contributed by atoms with Gasteiger partial charge in [-0.15, -0.1) is 0 Å². The molecule has 1 aromatic carbocycles. The maximum atomic E-state index is 10.8. The van der Waals surface area contributed by atoms with Crippen molar-refractivity contribution in [2.45, 2.75) is 26.7 Å². The van der Waals surface area contributed by atoms with E-state index in [1.54, 1.807) is 0 Å². The van der Waals surface area contributed by atoms with E-state index in [0.29, 0.717) is 11.8 Å². The monoisotopic (exact) mass is 218 g/mol. The van der Waals surface area contributed by atoms with Gasteiger partial charge in [0.15, 0.2) is 0 Å². The van der Waals surface area contributed by atoms with Crippen molar-refractivity contribution in [3.63, 3.8) is 0 Å². The SMILES string of the molecule is Cc1ccc(CC(C)C2CC2C(=O)O)cc1. The zero-order chi connectivity index (χ0) is 11.7. The fraction of sp³-hybridized carbons (Fsp3) is 0.500. The minimum absolute atomic E-state index is 0.0829. The summed E-state index contributed by atoms with van der Waals surface area (Å²) in [5, 5.41) is 8.88. The predicted molar refractivity (Wildman–Crippen MR) is 63.3 cm³/mol. The van der Waals surface area contributed by atoms with Gasteiger partial charge >= 0.3 is 5.97 Å². The van der Waals surface area contributed by atoms with Gasteiger partial charge in [0.25, 0.3) is 0 Å². The largest absolute Gasteiger partial charge is 0.481 e. The molecule has 1 N–H and O–H groups in total. The van der Waals surface area contributed by atoms with Gasteiger partial charge in [0.1, 0.15) is 0 Å². The molecule has 86 valence electrons. The summed E-state index contributed by atoms with van der Waals surface area (Å²) in [7, 11) is 0. The number of carboxylic acids is 1. The average molecular weight is 218 g/mol. The van der Waals surface area contributed by atoms with Crippen molar-refractivity contribution in [1.82, 2.24) is 0 Å². The summed E-state index contributed by atoms with van der Waals surface area (Å²) in [4.78, 5) is 10.8. The van der Waals surface area contributed by atoms with Crippen molar-refractivity contribution in [3.05, 3.63) is 35.4 Å². The summed E-state index contributed by atoms with van der Waals surface area (Å²) in [5.41, 5.74) is 2.58. The lowest BCUT2D eigenvalue weighted by atomic mass is 9.95. The minimum Gasteiger partial charge on any atom is -0.481 e. The molecule has 1 aromatic rings. The zero-order valence-corrected chi connectivity index (χ0v) is 9.81. The molecule has 16 heavy (non-hydrogen) atoms. The van der Waals surface area contributed by atoms with E-state index in [-0.39, 0.29) is 5.92 Å². The first-order valence-electron chi connectivity index (χ1n) is 5.86. The first kappa shape index (κ1) is 11.2. The zero-order valence-electron chi connectivity index (χ0n) is 9.81. The van der Waals surface area contributed by atoms with E-state index in [2.05, 4.69) is 38.1 Å². The van der Waals surface area contributed by atoms with Crippen LogP contribution in [0.25, 0.3) is 0 Å². The van der Waals surface area contributed by atoms with Crippen LogP contribution in [0.3, 0.4) is 0 Å². The molecule has 1 saturated carbocycles. The van der Waals surface area contributed by atoms with E-state index in [9.17, 15) is 4.79 Å². The number of hydrogen-bond acceptors (Lipinski definition) is 1. The molecule has 0 spiro atoms. The van der Waals surface area contributed by atoms with Crippen LogP contribution < -0.4 is 0 Å². The third-order valence-corrected chi connectivity index (χ3v) is 3.57. The molecule has 2 nitrogen and oxygen atoms in total. The summed E-state index contributed by atoms with van der Waals surface area (Å²) in [6.45, 7) is 4.24. The minimum atomic E-state index is -0.624. The number of hydrogen-bond donors (Lipinski definition) is 1. The van der Waals surface area contributed by atoms with Crippen molar-refractivity contribution >= 4 is 5.97 Å². The Morgan fingerprint density at radius 1 is 1.44 bits per heavy atom. The highest BCUT2D eigenvalue weighted by atomic mass is 16.4. The molecule has 3 unspecified atom stereocenters. The number of carboxylic acid groups (broad SMARTS) is 1. The van der Waals surface area contributed by atoms with E-state index in [4.69, 9.17) is 5.11 Å². The lowest BCUT2D eigenvalue weighted by molar-refractivity contribution is -0.139. The lowest BCUT2D eigenvalue weighted by Crippen LogP contribution is -2.08. The molecule has 0 amide bonds. The van der Waals surface area contributed by atoms with E-state index in [0.717, 1.165) is 12.8 Å². The summed E-state index contributed by atoms with van der Waals surface area (Å²) in [5.74, 6) is 0.156. The van der Waals surface area contributed by atoms with Crippen LogP contribution in [0.4, 0.5) is 0 Å². The molecule has 3 atom stereocenters. The van der Waals surface area contributed by atoms with E-state index in [1.807, 2.05) is 0 Å². The van der Waals surface area contributed by atoms with Crippen LogP contribution in [0.2, 0.25) is 0 Å². The molecule has 0 aliphatic heterocycles. The van der Waals surface area contributed by atoms with Gasteiger partial charge in [0.2, 0.25) is 0 Å². The van der Waals surface area contributed by atoms with Crippen LogP contribution in [0.15, 0.2) is 24.3 Å². The summed E-state index contributed by atoms with van der Waals surface area (Å²) in [6.07, 6.45) is 1.86. The molecule has 1 aliphatic rings. The maximum Gasteiger partial charge on any atom is 0.306 e. The highest BCUT2D eigenvalue weighted by Crippen LogP contribution is 2.45. The second-order valence-electron chi connectivity index (χ2n) is 5.01. The number of aryl methyl sites for hydroxylation is 1. The van der Waals surface area contributed by atoms with Crippen molar-refractivity contribution < 1.29 is 9.90 Å². The van der Waals surface area contributed by atoms with Gasteiger partial charge in [-0.2, -0.15) is 0 Å². The Kier molecular flexibility index (Phi) is 2.99. The number of rotatable bonds is 4. The standard InChI is InChI=1S/C14H18O2/c1-9-3-5-11(6-4-9)7-10(2)12-8-13(12)14(15)16/h3-6,10,12-13H,7-8H2,1-2H3,(H,15,16). The first-order valence-corrected chi connectivity index (χ1v) is 5.86. The Hall–Kier alpha value is -1.31. The van der Waals surface area contributed by atoms with Gasteiger partial charge in [-0.25, -0.2) is 0 Å². The van der Waals surface area contributed by atoms with Crippen molar-refractivity contribution in [2.75, 3.05) is 0 Å². The van der Waals surface area contributed by atoms with Gasteiger partial charge < -0.3 is 5.11 Å². The fourth-order valence-corrected chi connectivity index (χ4v) is 2.37. The Labute approximate surface area is 96.3 Å². The maximum absolute atomic E-state index is 10.8. The van der Waals surface area contributed by atoms with Gasteiger partial charge in [-0.05, 0) is 37.2 Å². The Morgan fingerprint density at radius 2 is 2.06 bits per heavy atom. The normalized spacial score (nSPS) is 25.1. The molecule has 0 saturated heterocycles. The third kappa shape index (κ3) is 2.43. The molecule has 0 radical (unpaired) electrons. The summed E-state index contributed by atoms with van der Waals surface area (Å²) >= 11 is 0. The Balaban J connectivity index is 1.91. The second kappa shape index (κ2) is 4.28. The van der Waals surface area contributed by atoms with Crippen molar-refractivity contribution in [3.8, 4) is 0 Å². The molecular formula is C14H18O2. The Bertz CT molecular complexity index is 380. The molecule has 1 aliphatic carbocycles. The summed E-state index contributed by atoms with van der Waals surface area (Å²) < 4.78 is 0. The predicted octanol–water partition coefficient (Wildman–Crippen LogP) is 2.89. The average Bonchev–Trinajstić information content (AvgIpc) is 3.01. The quantitative estimate of drug-likeness (QED) is 0.843. The summed E-state index contributed by atoms with van der Waals surface area (Å²) in [6, 6.07) is 8.52. The van der Waals surface area contributed by atoms with Crippen LogP contribution in [0, 0.1) is 24.7 Å². The van der Waals surface area contributed by atoms with Crippen LogP contribution in [-0.2, 0) is 11.2 Å². The van der Waals surface area contributed by atoms with E-state index < -0.39 is 5.97 Å². The van der Waals surface area contributed by atoms with Gasteiger partial charge in [0, 0.05) is 0 Å². The van der Waals surface area contributed by atoms with Crippen LogP contribution in [0.5, 0.6) is 0 Å². The number of benzene rings is 1. The highest BCUT2D eigenvalue weighted by Gasteiger charge is 2.45.